The normalized spacial score (nSPS) is 15.8. The number of ether oxygens (including phenoxy) is 2. The van der Waals surface area contributed by atoms with Gasteiger partial charge in [-0.25, -0.2) is 14.8 Å². The lowest BCUT2D eigenvalue weighted by Crippen LogP contribution is -2.43. The third-order valence-corrected chi connectivity index (χ3v) is 5.31. The number of hydrogen-bond donors (Lipinski definition) is 1. The molecule has 28 heavy (non-hydrogen) atoms. The smallest absolute Gasteiger partial charge is 0.343 e. The standard InChI is InChI=1S/C18H26N4O5S/c1-4-26-16(24)12-6-8-22(9-7-12)15(23)11(3)28-18-20-10-13(14(19)21-18)17(25)27-5-2/h10-12H,4-9H2,1-3H3,(H2,19,20,21)/t11-/m1/s1. The Balaban J connectivity index is 1.91. The number of aromatic nitrogens is 2. The summed E-state index contributed by atoms with van der Waals surface area (Å²) in [5.74, 6) is -0.951. The van der Waals surface area contributed by atoms with Gasteiger partial charge >= 0.3 is 11.9 Å². The minimum atomic E-state index is -0.579. The van der Waals surface area contributed by atoms with Crippen LogP contribution in [0.5, 0.6) is 0 Å². The van der Waals surface area contributed by atoms with Gasteiger partial charge in [0.1, 0.15) is 11.4 Å². The minimum Gasteiger partial charge on any atom is -0.466 e. The molecule has 1 saturated heterocycles. The van der Waals surface area contributed by atoms with E-state index in [1.807, 2.05) is 0 Å². The average molecular weight is 410 g/mol. The number of carbonyl (C=O) groups excluding carboxylic acids is 3. The van der Waals surface area contributed by atoms with Gasteiger partial charge < -0.3 is 20.1 Å². The number of nitrogen functional groups attached to an aromatic ring is 1. The molecule has 1 amide bonds. The van der Waals surface area contributed by atoms with E-state index in [1.165, 1.54) is 18.0 Å². The van der Waals surface area contributed by atoms with Gasteiger partial charge in [-0.15, -0.1) is 0 Å². The summed E-state index contributed by atoms with van der Waals surface area (Å²) in [5, 5.41) is -0.111. The first-order valence-corrected chi connectivity index (χ1v) is 10.2. The second kappa shape index (κ2) is 10.3. The number of rotatable bonds is 7. The number of hydrogen-bond acceptors (Lipinski definition) is 9. The van der Waals surface area contributed by atoms with E-state index in [0.717, 1.165) is 0 Å². The van der Waals surface area contributed by atoms with Gasteiger partial charge in [0, 0.05) is 19.3 Å². The molecular weight excluding hydrogens is 384 g/mol. The molecule has 1 aromatic heterocycles. The summed E-state index contributed by atoms with van der Waals surface area (Å²) in [4.78, 5) is 46.2. The number of piperidine rings is 1. The molecule has 2 rings (SSSR count). The number of amides is 1. The summed E-state index contributed by atoms with van der Waals surface area (Å²) in [7, 11) is 0. The molecule has 0 spiro atoms. The molecule has 0 aliphatic carbocycles. The topological polar surface area (TPSA) is 125 Å². The summed E-state index contributed by atoms with van der Waals surface area (Å²) in [6.07, 6.45) is 2.50. The fraction of sp³-hybridized carbons (Fsp3) is 0.611. The zero-order valence-corrected chi connectivity index (χ0v) is 17.2. The van der Waals surface area contributed by atoms with Gasteiger partial charge in [-0.1, -0.05) is 11.8 Å². The second-order valence-electron chi connectivity index (χ2n) is 6.28. The van der Waals surface area contributed by atoms with Crippen molar-refractivity contribution in [1.82, 2.24) is 14.9 Å². The Hall–Kier alpha value is -2.36. The highest BCUT2D eigenvalue weighted by molar-refractivity contribution is 8.00. The average Bonchev–Trinajstić information content (AvgIpc) is 2.68. The largest absolute Gasteiger partial charge is 0.466 e. The Kier molecular flexibility index (Phi) is 8.04. The number of nitrogens with two attached hydrogens (primary N) is 1. The number of thioether (sulfide) groups is 1. The van der Waals surface area contributed by atoms with Crippen LogP contribution in [0.3, 0.4) is 0 Å². The second-order valence-corrected chi connectivity index (χ2v) is 7.59. The fourth-order valence-electron chi connectivity index (χ4n) is 2.86. The van der Waals surface area contributed by atoms with Crippen LogP contribution in [0.15, 0.2) is 11.4 Å². The predicted molar refractivity (Wildman–Crippen MR) is 104 cm³/mol. The highest BCUT2D eigenvalue weighted by atomic mass is 32.2. The van der Waals surface area contributed by atoms with Crippen LogP contribution in [0.25, 0.3) is 0 Å². The Bertz CT molecular complexity index is 722. The Morgan fingerprint density at radius 1 is 1.25 bits per heavy atom. The van der Waals surface area contributed by atoms with Crippen molar-refractivity contribution in [3.63, 3.8) is 0 Å². The summed E-state index contributed by atoms with van der Waals surface area (Å²) < 4.78 is 9.94. The molecule has 0 unspecified atom stereocenters. The highest BCUT2D eigenvalue weighted by Gasteiger charge is 2.30. The third kappa shape index (κ3) is 5.57. The molecule has 1 aliphatic heterocycles. The van der Waals surface area contributed by atoms with Crippen molar-refractivity contribution in [1.29, 1.82) is 0 Å². The van der Waals surface area contributed by atoms with Crippen LogP contribution in [0.1, 0.15) is 44.0 Å². The quantitative estimate of drug-likeness (QED) is 0.404. The first-order chi connectivity index (χ1) is 13.4. The van der Waals surface area contributed by atoms with Crippen LogP contribution in [0, 0.1) is 5.92 Å². The van der Waals surface area contributed by atoms with Crippen LogP contribution >= 0.6 is 11.8 Å². The molecule has 9 nitrogen and oxygen atoms in total. The third-order valence-electron chi connectivity index (χ3n) is 4.35. The van der Waals surface area contributed by atoms with E-state index < -0.39 is 11.2 Å². The van der Waals surface area contributed by atoms with Gasteiger partial charge in [-0.05, 0) is 33.6 Å². The summed E-state index contributed by atoms with van der Waals surface area (Å²) >= 11 is 1.17. The first kappa shape index (κ1) is 21.9. The van der Waals surface area contributed by atoms with Crippen molar-refractivity contribution in [3.8, 4) is 0 Å². The minimum absolute atomic E-state index is 0.0193. The molecule has 0 aromatic carbocycles. The van der Waals surface area contributed by atoms with Gasteiger partial charge in [-0.3, -0.25) is 9.59 Å². The lowest BCUT2D eigenvalue weighted by atomic mass is 9.97. The van der Waals surface area contributed by atoms with E-state index in [2.05, 4.69) is 9.97 Å². The predicted octanol–water partition coefficient (Wildman–Crippen LogP) is 1.52. The monoisotopic (exact) mass is 410 g/mol. The maximum Gasteiger partial charge on any atom is 0.343 e. The molecule has 2 heterocycles. The molecule has 1 atom stereocenters. The Labute approximate surface area is 168 Å². The summed E-state index contributed by atoms with van der Waals surface area (Å²) in [6, 6.07) is 0. The lowest BCUT2D eigenvalue weighted by molar-refractivity contribution is -0.151. The number of anilines is 1. The van der Waals surface area contributed by atoms with Crippen LogP contribution in [0.4, 0.5) is 5.82 Å². The van der Waals surface area contributed by atoms with Gasteiger partial charge in [0.2, 0.25) is 5.91 Å². The number of nitrogens with zero attached hydrogens (tertiary/aromatic N) is 3. The van der Waals surface area contributed by atoms with Crippen molar-refractivity contribution in [3.05, 3.63) is 11.8 Å². The van der Waals surface area contributed by atoms with E-state index in [1.54, 1.807) is 25.7 Å². The Morgan fingerprint density at radius 3 is 2.46 bits per heavy atom. The van der Waals surface area contributed by atoms with Gasteiger partial charge in [-0.2, -0.15) is 0 Å². The van der Waals surface area contributed by atoms with E-state index in [-0.39, 0.29) is 35.8 Å². The molecule has 0 bridgehead atoms. The fourth-order valence-corrected chi connectivity index (χ4v) is 3.69. The van der Waals surface area contributed by atoms with Crippen LogP contribution in [-0.4, -0.2) is 64.3 Å². The van der Waals surface area contributed by atoms with E-state index >= 15 is 0 Å². The van der Waals surface area contributed by atoms with Crippen molar-refractivity contribution in [2.45, 2.75) is 44.0 Å². The molecule has 1 aromatic rings. The molecule has 154 valence electrons. The molecule has 1 fully saturated rings. The molecule has 1 aliphatic rings. The number of carbonyl (C=O) groups is 3. The van der Waals surface area contributed by atoms with E-state index in [9.17, 15) is 14.4 Å². The molecular formula is C18H26N4O5S. The molecule has 10 heteroatoms. The Morgan fingerprint density at radius 2 is 1.89 bits per heavy atom. The van der Waals surface area contributed by atoms with Gasteiger partial charge in [0.05, 0.1) is 24.4 Å². The zero-order valence-electron chi connectivity index (χ0n) is 16.3. The molecule has 0 radical (unpaired) electrons. The van der Waals surface area contributed by atoms with E-state index in [0.29, 0.717) is 37.7 Å². The van der Waals surface area contributed by atoms with Crippen LogP contribution in [-0.2, 0) is 19.1 Å². The van der Waals surface area contributed by atoms with Crippen molar-refractivity contribution < 1.29 is 23.9 Å². The first-order valence-electron chi connectivity index (χ1n) is 9.29. The molecule has 2 N–H and O–H groups in total. The van der Waals surface area contributed by atoms with Crippen molar-refractivity contribution >= 4 is 35.4 Å². The number of likely N-dealkylation sites (tertiary alicyclic amines) is 1. The van der Waals surface area contributed by atoms with Crippen LogP contribution in [0.2, 0.25) is 0 Å². The molecule has 0 saturated carbocycles. The van der Waals surface area contributed by atoms with Crippen molar-refractivity contribution in [2.75, 3.05) is 32.0 Å². The van der Waals surface area contributed by atoms with Crippen LogP contribution < -0.4 is 5.73 Å². The SMILES string of the molecule is CCOC(=O)c1cnc(S[C@H](C)C(=O)N2CCC(C(=O)OCC)CC2)nc1N. The zero-order chi connectivity index (χ0) is 20.7. The maximum absolute atomic E-state index is 12.7. The summed E-state index contributed by atoms with van der Waals surface area (Å²) in [5.41, 5.74) is 5.91. The van der Waals surface area contributed by atoms with Gasteiger partial charge in [0.15, 0.2) is 5.16 Å². The summed E-state index contributed by atoms with van der Waals surface area (Å²) in [6.45, 7) is 6.86. The highest BCUT2D eigenvalue weighted by Crippen LogP contribution is 2.25. The number of esters is 2. The maximum atomic E-state index is 12.7. The lowest BCUT2D eigenvalue weighted by Gasteiger charge is -2.32. The van der Waals surface area contributed by atoms with Crippen molar-refractivity contribution in [2.24, 2.45) is 5.92 Å². The van der Waals surface area contributed by atoms with Gasteiger partial charge in [0.25, 0.3) is 0 Å². The van der Waals surface area contributed by atoms with E-state index in [4.69, 9.17) is 15.2 Å².